The molecule has 3 aromatic carbocycles. The molecule has 0 aromatic heterocycles. The minimum absolute atomic E-state index is 0.215. The molecule has 3 fully saturated rings. The van der Waals surface area contributed by atoms with E-state index >= 15 is 0 Å². The van der Waals surface area contributed by atoms with Crippen molar-refractivity contribution >= 4 is 39.9 Å². The molecular formula is C37H41N3O5. The van der Waals surface area contributed by atoms with Crippen molar-refractivity contribution < 1.29 is 24.2 Å². The molecule has 3 aliphatic rings. The molecule has 0 saturated carbocycles. The third kappa shape index (κ3) is 4.78. The van der Waals surface area contributed by atoms with Crippen LogP contribution in [0.4, 0.5) is 11.4 Å². The number of benzene rings is 3. The zero-order valence-electron chi connectivity index (χ0n) is 26.0. The lowest BCUT2D eigenvalue weighted by molar-refractivity contribution is -0.148. The highest BCUT2D eigenvalue weighted by molar-refractivity contribution is 6.07. The van der Waals surface area contributed by atoms with Crippen molar-refractivity contribution in [3.8, 4) is 0 Å². The first-order chi connectivity index (χ1) is 21.7. The number of fused-ring (bicyclic) bond motifs is 2. The summed E-state index contributed by atoms with van der Waals surface area (Å²) >= 11 is 0. The van der Waals surface area contributed by atoms with Crippen LogP contribution in [0.5, 0.6) is 0 Å². The zero-order chi connectivity index (χ0) is 31.9. The van der Waals surface area contributed by atoms with Gasteiger partial charge in [-0.1, -0.05) is 67.6 Å². The van der Waals surface area contributed by atoms with Gasteiger partial charge in [-0.25, -0.2) is 0 Å². The molecule has 3 saturated heterocycles. The number of carbonyl (C=O) groups is 3. The topological polar surface area (TPSA) is 90.4 Å². The normalized spacial score (nSPS) is 27.3. The number of hydrogen-bond donors (Lipinski definition) is 1. The number of rotatable bonds is 11. The maximum atomic E-state index is 14.9. The summed E-state index contributed by atoms with van der Waals surface area (Å²) in [6.45, 7) is 11.7. The van der Waals surface area contributed by atoms with Crippen LogP contribution in [-0.2, 0) is 19.1 Å². The first-order valence-electron chi connectivity index (χ1n) is 15.8. The maximum Gasteiger partial charge on any atom is 0.253 e. The molecular weight excluding hydrogens is 566 g/mol. The third-order valence-corrected chi connectivity index (χ3v) is 10.1. The van der Waals surface area contributed by atoms with E-state index in [-0.39, 0.29) is 37.4 Å². The van der Waals surface area contributed by atoms with Gasteiger partial charge in [0.2, 0.25) is 11.8 Å². The van der Waals surface area contributed by atoms with Crippen LogP contribution in [0.15, 0.2) is 98.1 Å². The Morgan fingerprint density at radius 3 is 2.24 bits per heavy atom. The summed E-state index contributed by atoms with van der Waals surface area (Å²) in [7, 11) is 0. The second-order valence-corrected chi connectivity index (χ2v) is 12.6. The van der Waals surface area contributed by atoms with Gasteiger partial charge in [0.15, 0.2) is 0 Å². The van der Waals surface area contributed by atoms with E-state index in [9.17, 15) is 19.5 Å². The van der Waals surface area contributed by atoms with Gasteiger partial charge in [-0.05, 0) is 61.2 Å². The van der Waals surface area contributed by atoms with Gasteiger partial charge in [-0.2, -0.15) is 0 Å². The number of aliphatic hydroxyl groups excluding tert-OH is 1. The Bertz CT molecular complexity index is 1640. The van der Waals surface area contributed by atoms with Crippen LogP contribution in [0, 0.1) is 11.8 Å². The fraction of sp³-hybridized carbons (Fsp3) is 0.378. The Morgan fingerprint density at radius 2 is 1.60 bits per heavy atom. The van der Waals surface area contributed by atoms with E-state index in [1.54, 1.807) is 22.0 Å². The summed E-state index contributed by atoms with van der Waals surface area (Å²) in [6.07, 6.45) is 4.75. The van der Waals surface area contributed by atoms with E-state index in [1.165, 1.54) is 4.90 Å². The molecule has 0 radical (unpaired) electrons. The van der Waals surface area contributed by atoms with Crippen molar-refractivity contribution in [1.29, 1.82) is 0 Å². The molecule has 3 aromatic rings. The molecule has 1 spiro atoms. The molecule has 2 unspecified atom stereocenters. The third-order valence-electron chi connectivity index (χ3n) is 10.1. The molecule has 8 nitrogen and oxygen atoms in total. The standard InChI is InChI=1S/C37H41N3O5/c1-5-21-38(28-15-9-8-10-16-28)33(42)30-31-34(43)40(27(7-3)24-41)32(37(31)20-19-36(30,4)45-37)35(44)39(22-6-2)29-18-17-25-13-11-12-14-26(25)23-29/h5-6,8-18,23,27,30-32,41H,1-2,7,19-22,24H2,3-4H3/t27-,30-,31-,32?,36+,37?/m0/s1. The minimum atomic E-state index is -1.22. The van der Waals surface area contributed by atoms with E-state index in [2.05, 4.69) is 13.2 Å². The van der Waals surface area contributed by atoms with Crippen molar-refractivity contribution in [3.63, 3.8) is 0 Å². The van der Waals surface area contributed by atoms with Crippen molar-refractivity contribution in [2.24, 2.45) is 11.8 Å². The minimum Gasteiger partial charge on any atom is -0.394 e. The average Bonchev–Trinajstić information content (AvgIpc) is 3.63. The van der Waals surface area contributed by atoms with Crippen molar-refractivity contribution in [1.82, 2.24) is 4.90 Å². The van der Waals surface area contributed by atoms with E-state index in [1.807, 2.05) is 86.6 Å². The first kappa shape index (κ1) is 30.7. The summed E-state index contributed by atoms with van der Waals surface area (Å²) < 4.78 is 6.89. The van der Waals surface area contributed by atoms with Crippen LogP contribution in [0.25, 0.3) is 10.8 Å². The van der Waals surface area contributed by atoms with Crippen molar-refractivity contribution in [3.05, 3.63) is 98.1 Å². The number of carbonyl (C=O) groups excluding carboxylic acids is 3. The Kier molecular flexibility index (Phi) is 8.14. The Hall–Kier alpha value is -4.27. The van der Waals surface area contributed by atoms with Gasteiger partial charge in [0, 0.05) is 24.5 Å². The number of aliphatic hydroxyl groups is 1. The number of likely N-dealkylation sites (tertiary alicyclic amines) is 1. The molecule has 234 valence electrons. The van der Waals surface area contributed by atoms with Crippen LogP contribution in [0.2, 0.25) is 0 Å². The smallest absolute Gasteiger partial charge is 0.253 e. The summed E-state index contributed by atoms with van der Waals surface area (Å²) in [6, 6.07) is 21.5. The fourth-order valence-electron chi connectivity index (χ4n) is 8.00. The van der Waals surface area contributed by atoms with Gasteiger partial charge in [0.1, 0.15) is 11.6 Å². The number of anilines is 2. The maximum absolute atomic E-state index is 14.9. The number of nitrogens with zero attached hydrogens (tertiary/aromatic N) is 3. The van der Waals surface area contributed by atoms with Gasteiger partial charge in [0.25, 0.3) is 5.91 Å². The molecule has 6 rings (SSSR count). The van der Waals surface area contributed by atoms with Crippen LogP contribution >= 0.6 is 0 Å². The number of para-hydroxylation sites is 1. The highest BCUT2D eigenvalue weighted by Gasteiger charge is 2.78. The van der Waals surface area contributed by atoms with Gasteiger partial charge in [-0.15, -0.1) is 13.2 Å². The van der Waals surface area contributed by atoms with Gasteiger partial charge in [0.05, 0.1) is 30.1 Å². The monoisotopic (exact) mass is 607 g/mol. The van der Waals surface area contributed by atoms with Crippen LogP contribution in [0.1, 0.15) is 33.1 Å². The summed E-state index contributed by atoms with van der Waals surface area (Å²) in [5.41, 5.74) is -0.786. The molecule has 45 heavy (non-hydrogen) atoms. The average molecular weight is 608 g/mol. The largest absolute Gasteiger partial charge is 0.394 e. The lowest BCUT2D eigenvalue weighted by atomic mass is 9.66. The molecule has 3 heterocycles. The quantitative estimate of drug-likeness (QED) is 0.306. The molecule has 0 aliphatic carbocycles. The Balaban J connectivity index is 1.46. The Labute approximate surface area is 264 Å². The zero-order valence-corrected chi connectivity index (χ0v) is 26.0. The fourth-order valence-corrected chi connectivity index (χ4v) is 8.00. The van der Waals surface area contributed by atoms with Crippen molar-refractivity contribution in [2.45, 2.75) is 56.4 Å². The van der Waals surface area contributed by atoms with E-state index in [4.69, 9.17) is 4.74 Å². The molecule has 1 N–H and O–H groups in total. The van der Waals surface area contributed by atoms with Crippen LogP contribution in [-0.4, -0.2) is 70.7 Å². The predicted octanol–water partition coefficient (Wildman–Crippen LogP) is 5.11. The van der Waals surface area contributed by atoms with Crippen LogP contribution < -0.4 is 9.80 Å². The van der Waals surface area contributed by atoms with E-state index < -0.39 is 35.1 Å². The molecule has 8 heteroatoms. The number of ether oxygens (including phenoxy) is 1. The SMILES string of the molecule is C=CCN(C(=O)C1N([C@@H](CC)CO)C(=O)[C@@H]2[C@@H](C(=O)N(CC=C)c3ccccc3)[C@@]3(C)CCC12O3)c1ccc2ccccc2c1. The second-order valence-electron chi connectivity index (χ2n) is 12.6. The number of amides is 3. The first-order valence-corrected chi connectivity index (χ1v) is 15.8. The highest BCUT2D eigenvalue weighted by atomic mass is 16.5. The molecule has 2 bridgehead atoms. The Morgan fingerprint density at radius 1 is 0.956 bits per heavy atom. The number of hydrogen-bond acceptors (Lipinski definition) is 5. The summed E-state index contributed by atoms with van der Waals surface area (Å²) in [5, 5.41) is 12.5. The van der Waals surface area contributed by atoms with E-state index in [0.717, 1.165) is 10.8 Å². The van der Waals surface area contributed by atoms with Crippen LogP contribution in [0.3, 0.4) is 0 Å². The lowest BCUT2D eigenvalue weighted by Crippen LogP contribution is -2.59. The molecule has 6 atom stereocenters. The molecule has 3 aliphatic heterocycles. The summed E-state index contributed by atoms with van der Waals surface area (Å²) in [4.78, 5) is 49.0. The van der Waals surface area contributed by atoms with Gasteiger partial charge < -0.3 is 24.5 Å². The second kappa shape index (κ2) is 11.9. The highest BCUT2D eigenvalue weighted by Crippen LogP contribution is 2.64. The van der Waals surface area contributed by atoms with Crippen molar-refractivity contribution in [2.75, 3.05) is 29.5 Å². The van der Waals surface area contributed by atoms with Gasteiger partial charge in [-0.3, -0.25) is 14.4 Å². The summed E-state index contributed by atoms with van der Waals surface area (Å²) in [5.74, 6) is -2.55. The lowest BCUT2D eigenvalue weighted by Gasteiger charge is -2.39. The molecule has 3 amide bonds. The van der Waals surface area contributed by atoms with E-state index in [0.29, 0.717) is 30.6 Å². The predicted molar refractivity (Wildman–Crippen MR) is 176 cm³/mol. The van der Waals surface area contributed by atoms with Gasteiger partial charge >= 0.3 is 0 Å².